The lowest BCUT2D eigenvalue weighted by Gasteiger charge is -2.48. The molecule has 0 aromatic carbocycles. The van der Waals surface area contributed by atoms with Gasteiger partial charge in [-0.15, -0.1) is 11.3 Å². The third-order valence-corrected chi connectivity index (χ3v) is 4.98. The first-order valence-corrected chi connectivity index (χ1v) is 7.30. The molecule has 1 aliphatic heterocycles. The molecule has 1 amide bonds. The lowest BCUT2D eigenvalue weighted by Crippen LogP contribution is -2.65. The minimum atomic E-state index is -0.685. The van der Waals surface area contributed by atoms with E-state index in [1.807, 2.05) is 19.9 Å². The number of aryl methyl sites for hydroxylation is 2. The Morgan fingerprint density at radius 3 is 2.61 bits per heavy atom. The number of aliphatic hydroxyl groups is 1. The molecule has 0 bridgehead atoms. The molecule has 0 saturated carbocycles. The molecule has 2 rings (SSSR count). The Labute approximate surface area is 112 Å². The van der Waals surface area contributed by atoms with Crippen LogP contribution in [-0.2, 0) is 6.42 Å². The van der Waals surface area contributed by atoms with Crippen LogP contribution in [0.1, 0.15) is 40.9 Å². The summed E-state index contributed by atoms with van der Waals surface area (Å²) in [7, 11) is 0. The number of nitrogens with zero attached hydrogens (tertiary/aromatic N) is 1. The zero-order chi connectivity index (χ0) is 13.5. The van der Waals surface area contributed by atoms with E-state index in [1.165, 1.54) is 10.4 Å². The first-order chi connectivity index (χ1) is 8.37. The Balaban J connectivity index is 2.06. The van der Waals surface area contributed by atoms with Gasteiger partial charge < -0.3 is 10.0 Å². The van der Waals surface area contributed by atoms with E-state index >= 15 is 0 Å². The predicted octanol–water partition coefficient (Wildman–Crippen LogP) is 2.46. The van der Waals surface area contributed by atoms with Gasteiger partial charge in [0.1, 0.15) is 5.60 Å². The van der Waals surface area contributed by atoms with E-state index in [9.17, 15) is 9.90 Å². The summed E-state index contributed by atoms with van der Waals surface area (Å²) < 4.78 is 0. The molecule has 4 heteroatoms. The average molecular weight is 267 g/mol. The van der Waals surface area contributed by atoms with E-state index in [-0.39, 0.29) is 11.8 Å². The van der Waals surface area contributed by atoms with Crippen LogP contribution in [0.5, 0.6) is 0 Å². The molecule has 1 N–H and O–H groups in total. The van der Waals surface area contributed by atoms with Crippen molar-refractivity contribution in [3.05, 3.63) is 21.4 Å². The second-order valence-corrected chi connectivity index (χ2v) is 6.72. The van der Waals surface area contributed by atoms with Crippen LogP contribution in [0.3, 0.4) is 0 Å². The molecule has 1 fully saturated rings. The molecule has 2 heterocycles. The van der Waals surface area contributed by atoms with E-state index < -0.39 is 5.60 Å². The topological polar surface area (TPSA) is 40.5 Å². The highest BCUT2D eigenvalue weighted by atomic mass is 32.1. The van der Waals surface area contributed by atoms with Crippen molar-refractivity contribution in [2.24, 2.45) is 5.92 Å². The largest absolute Gasteiger partial charge is 0.386 e. The second kappa shape index (κ2) is 4.67. The van der Waals surface area contributed by atoms with Crippen molar-refractivity contribution >= 4 is 17.2 Å². The normalized spacial score (nSPS) is 18.0. The van der Waals surface area contributed by atoms with E-state index in [2.05, 4.69) is 13.8 Å². The zero-order valence-corrected chi connectivity index (χ0v) is 12.3. The number of rotatable bonds is 3. The number of carbonyl (C=O) groups is 1. The van der Waals surface area contributed by atoms with Crippen LogP contribution in [0.4, 0.5) is 0 Å². The van der Waals surface area contributed by atoms with Gasteiger partial charge in [-0.25, -0.2) is 0 Å². The van der Waals surface area contributed by atoms with Crippen molar-refractivity contribution in [3.63, 3.8) is 0 Å². The van der Waals surface area contributed by atoms with E-state index in [0.717, 1.165) is 11.3 Å². The molecule has 1 saturated heterocycles. The molecule has 1 aromatic heterocycles. The van der Waals surface area contributed by atoms with Crippen molar-refractivity contribution in [1.82, 2.24) is 4.90 Å². The maximum Gasteiger partial charge on any atom is 0.264 e. The third-order valence-electron chi connectivity index (χ3n) is 3.90. The molecule has 1 aliphatic rings. The number of β-amino-alcohol motifs (C(OH)–C–C–N with tert-alkyl or cyclic N) is 1. The first kappa shape index (κ1) is 13.6. The van der Waals surface area contributed by atoms with Crippen LogP contribution in [0.15, 0.2) is 6.07 Å². The Morgan fingerprint density at radius 2 is 2.17 bits per heavy atom. The van der Waals surface area contributed by atoms with Gasteiger partial charge >= 0.3 is 0 Å². The van der Waals surface area contributed by atoms with Gasteiger partial charge in [-0.2, -0.15) is 0 Å². The number of thiophene rings is 1. The number of likely N-dealkylation sites (tertiary alicyclic amines) is 1. The van der Waals surface area contributed by atoms with Crippen LogP contribution in [0.2, 0.25) is 0 Å². The summed E-state index contributed by atoms with van der Waals surface area (Å²) in [4.78, 5) is 16.0. The number of carbonyl (C=O) groups excluding carboxylic acids is 1. The van der Waals surface area contributed by atoms with Gasteiger partial charge in [0.25, 0.3) is 5.91 Å². The molecule has 18 heavy (non-hydrogen) atoms. The fourth-order valence-electron chi connectivity index (χ4n) is 2.26. The number of amides is 1. The van der Waals surface area contributed by atoms with E-state index in [1.54, 1.807) is 16.2 Å². The SMILES string of the molecule is CCc1cc(C(=O)N2CC(O)(C(C)C)C2)sc1C. The monoisotopic (exact) mass is 267 g/mol. The van der Waals surface area contributed by atoms with Gasteiger partial charge in [-0.3, -0.25) is 4.79 Å². The van der Waals surface area contributed by atoms with E-state index in [0.29, 0.717) is 13.1 Å². The van der Waals surface area contributed by atoms with Gasteiger partial charge in [-0.1, -0.05) is 20.8 Å². The molecule has 0 radical (unpaired) electrons. The van der Waals surface area contributed by atoms with Gasteiger partial charge in [0.15, 0.2) is 0 Å². The summed E-state index contributed by atoms with van der Waals surface area (Å²) in [6.07, 6.45) is 0.964. The fraction of sp³-hybridized carbons (Fsp3) is 0.643. The minimum absolute atomic E-state index is 0.0631. The van der Waals surface area contributed by atoms with Gasteiger partial charge in [0, 0.05) is 4.88 Å². The highest BCUT2D eigenvalue weighted by Crippen LogP contribution is 2.31. The summed E-state index contributed by atoms with van der Waals surface area (Å²) in [6.45, 7) is 9.06. The summed E-state index contributed by atoms with van der Waals surface area (Å²) in [5.74, 6) is 0.256. The van der Waals surface area contributed by atoms with Crippen LogP contribution in [0.25, 0.3) is 0 Å². The Kier molecular flexibility index (Phi) is 3.52. The number of hydrogen-bond acceptors (Lipinski definition) is 3. The van der Waals surface area contributed by atoms with Crippen molar-refractivity contribution in [1.29, 1.82) is 0 Å². The van der Waals surface area contributed by atoms with Crippen molar-refractivity contribution in [3.8, 4) is 0 Å². The highest BCUT2D eigenvalue weighted by Gasteiger charge is 2.46. The summed E-state index contributed by atoms with van der Waals surface area (Å²) in [5.41, 5.74) is 0.568. The molecule has 0 unspecified atom stereocenters. The van der Waals surface area contributed by atoms with Crippen LogP contribution in [-0.4, -0.2) is 34.6 Å². The lowest BCUT2D eigenvalue weighted by atomic mass is 9.83. The first-order valence-electron chi connectivity index (χ1n) is 6.48. The fourth-order valence-corrected chi connectivity index (χ4v) is 3.34. The smallest absolute Gasteiger partial charge is 0.264 e. The zero-order valence-electron chi connectivity index (χ0n) is 11.5. The second-order valence-electron chi connectivity index (χ2n) is 5.47. The van der Waals surface area contributed by atoms with Crippen LogP contribution < -0.4 is 0 Å². The van der Waals surface area contributed by atoms with Crippen molar-refractivity contribution in [2.75, 3.05) is 13.1 Å². The van der Waals surface area contributed by atoms with Crippen LogP contribution >= 0.6 is 11.3 Å². The Hall–Kier alpha value is -0.870. The third kappa shape index (κ3) is 2.19. The summed E-state index contributed by atoms with van der Waals surface area (Å²) in [6, 6.07) is 2.00. The maximum atomic E-state index is 12.2. The highest BCUT2D eigenvalue weighted by molar-refractivity contribution is 7.14. The molecule has 0 aliphatic carbocycles. The molecular weight excluding hydrogens is 246 g/mol. The molecule has 0 atom stereocenters. The summed E-state index contributed by atoms with van der Waals surface area (Å²) >= 11 is 1.56. The molecular formula is C14H21NO2S. The van der Waals surface area contributed by atoms with Gasteiger partial charge in [-0.05, 0) is 30.9 Å². The quantitative estimate of drug-likeness (QED) is 0.914. The van der Waals surface area contributed by atoms with Crippen molar-refractivity contribution in [2.45, 2.75) is 39.7 Å². The predicted molar refractivity (Wildman–Crippen MR) is 74.1 cm³/mol. The molecule has 1 aromatic rings. The Morgan fingerprint density at radius 1 is 1.56 bits per heavy atom. The lowest BCUT2D eigenvalue weighted by molar-refractivity contribution is -0.110. The average Bonchev–Trinajstić information content (AvgIpc) is 2.65. The van der Waals surface area contributed by atoms with Gasteiger partial charge in [0.05, 0.1) is 18.0 Å². The minimum Gasteiger partial charge on any atom is -0.386 e. The molecule has 0 spiro atoms. The van der Waals surface area contributed by atoms with Crippen LogP contribution in [0, 0.1) is 12.8 Å². The molecule has 3 nitrogen and oxygen atoms in total. The Bertz CT molecular complexity index is 458. The standard InChI is InChI=1S/C14H21NO2S/c1-5-11-6-12(18-10(11)4)13(16)15-7-14(17,8-15)9(2)3/h6,9,17H,5,7-8H2,1-4H3. The molecule has 100 valence electrons. The van der Waals surface area contributed by atoms with Crippen molar-refractivity contribution < 1.29 is 9.90 Å². The number of hydrogen-bond donors (Lipinski definition) is 1. The van der Waals surface area contributed by atoms with Gasteiger partial charge in [0.2, 0.25) is 0 Å². The summed E-state index contributed by atoms with van der Waals surface area (Å²) in [5, 5.41) is 10.2. The maximum absolute atomic E-state index is 12.2. The van der Waals surface area contributed by atoms with E-state index in [4.69, 9.17) is 0 Å².